The Labute approximate surface area is 57.6 Å². The van der Waals surface area contributed by atoms with E-state index in [4.69, 9.17) is 11.5 Å². The van der Waals surface area contributed by atoms with Crippen molar-refractivity contribution in [3.63, 3.8) is 0 Å². The standard InChI is InChI=1S/C7H18N2/c1-3-4-5-7(9)6(2)8/h6-7H,3-5,8-9H2,1-2H3/t6-,7-/m1/s1. The fourth-order valence-electron chi connectivity index (χ4n) is 0.703. The number of hydrogen-bond donors (Lipinski definition) is 2. The Balaban J connectivity index is 3.16. The minimum atomic E-state index is 0.150. The first-order valence-corrected chi connectivity index (χ1v) is 3.69. The van der Waals surface area contributed by atoms with Crippen LogP contribution in [0.3, 0.4) is 0 Å². The lowest BCUT2D eigenvalue weighted by molar-refractivity contribution is 0.503. The van der Waals surface area contributed by atoms with Gasteiger partial charge >= 0.3 is 0 Å². The van der Waals surface area contributed by atoms with Crippen LogP contribution in [0.15, 0.2) is 0 Å². The second kappa shape index (κ2) is 4.77. The van der Waals surface area contributed by atoms with E-state index in [-0.39, 0.29) is 12.1 Å². The van der Waals surface area contributed by atoms with E-state index in [2.05, 4.69) is 6.92 Å². The van der Waals surface area contributed by atoms with E-state index in [9.17, 15) is 0 Å². The van der Waals surface area contributed by atoms with Crippen molar-refractivity contribution in [1.29, 1.82) is 0 Å². The van der Waals surface area contributed by atoms with Gasteiger partial charge in [-0.2, -0.15) is 0 Å². The van der Waals surface area contributed by atoms with Crippen LogP contribution in [0.2, 0.25) is 0 Å². The van der Waals surface area contributed by atoms with Crippen molar-refractivity contribution in [3.05, 3.63) is 0 Å². The molecule has 0 radical (unpaired) electrons. The molecule has 0 aliphatic carbocycles. The van der Waals surface area contributed by atoms with E-state index in [1.165, 1.54) is 12.8 Å². The van der Waals surface area contributed by atoms with Gasteiger partial charge in [-0.3, -0.25) is 0 Å². The molecule has 0 aromatic carbocycles. The molecule has 4 N–H and O–H groups in total. The van der Waals surface area contributed by atoms with E-state index < -0.39 is 0 Å². The Morgan fingerprint density at radius 2 is 1.89 bits per heavy atom. The molecule has 9 heavy (non-hydrogen) atoms. The molecule has 2 nitrogen and oxygen atoms in total. The number of nitrogens with two attached hydrogens (primary N) is 2. The van der Waals surface area contributed by atoms with Crippen molar-refractivity contribution in [2.45, 2.75) is 45.2 Å². The predicted molar refractivity (Wildman–Crippen MR) is 41.1 cm³/mol. The topological polar surface area (TPSA) is 52.0 Å². The molecule has 2 heteroatoms. The van der Waals surface area contributed by atoms with Gasteiger partial charge in [-0.25, -0.2) is 0 Å². The zero-order chi connectivity index (χ0) is 7.28. The van der Waals surface area contributed by atoms with Crippen molar-refractivity contribution >= 4 is 0 Å². The lowest BCUT2D eigenvalue weighted by atomic mass is 10.1. The lowest BCUT2D eigenvalue weighted by Crippen LogP contribution is -2.38. The Morgan fingerprint density at radius 1 is 1.33 bits per heavy atom. The van der Waals surface area contributed by atoms with Crippen LogP contribution in [0.5, 0.6) is 0 Å². The normalized spacial score (nSPS) is 17.3. The van der Waals surface area contributed by atoms with Gasteiger partial charge in [0.25, 0.3) is 0 Å². The zero-order valence-corrected chi connectivity index (χ0v) is 6.43. The molecular weight excluding hydrogens is 112 g/mol. The summed E-state index contributed by atoms with van der Waals surface area (Å²) in [6.45, 7) is 4.12. The summed E-state index contributed by atoms with van der Waals surface area (Å²) in [7, 11) is 0. The molecule has 0 aliphatic rings. The van der Waals surface area contributed by atoms with Gasteiger partial charge in [-0.15, -0.1) is 0 Å². The quantitative estimate of drug-likeness (QED) is 0.592. The van der Waals surface area contributed by atoms with E-state index >= 15 is 0 Å². The van der Waals surface area contributed by atoms with Crippen LogP contribution in [0.1, 0.15) is 33.1 Å². The molecule has 2 atom stereocenters. The first-order valence-electron chi connectivity index (χ1n) is 3.69. The molecule has 0 rings (SSSR count). The third-order valence-corrected chi connectivity index (χ3v) is 1.57. The van der Waals surface area contributed by atoms with Crippen molar-refractivity contribution in [2.24, 2.45) is 11.5 Å². The average molecular weight is 130 g/mol. The maximum Gasteiger partial charge on any atom is 0.0189 e. The molecule has 56 valence electrons. The average Bonchev–Trinajstić information content (AvgIpc) is 1.82. The Bertz CT molecular complexity index is 61.9. The maximum absolute atomic E-state index is 5.68. The van der Waals surface area contributed by atoms with E-state index in [0.717, 1.165) is 6.42 Å². The second-order valence-electron chi connectivity index (χ2n) is 2.67. The van der Waals surface area contributed by atoms with Crippen LogP contribution in [-0.4, -0.2) is 12.1 Å². The molecule has 0 aromatic heterocycles. The highest BCUT2D eigenvalue weighted by molar-refractivity contribution is 4.70. The molecule has 0 saturated heterocycles. The first-order chi connectivity index (χ1) is 4.18. The van der Waals surface area contributed by atoms with E-state index in [1.807, 2.05) is 6.92 Å². The fraction of sp³-hybridized carbons (Fsp3) is 1.00. The van der Waals surface area contributed by atoms with Crippen LogP contribution < -0.4 is 11.5 Å². The zero-order valence-electron chi connectivity index (χ0n) is 6.43. The van der Waals surface area contributed by atoms with Crippen molar-refractivity contribution < 1.29 is 0 Å². The molecule has 0 unspecified atom stereocenters. The van der Waals surface area contributed by atoms with Crippen LogP contribution in [0, 0.1) is 0 Å². The third kappa shape index (κ3) is 4.43. The molecule has 0 heterocycles. The van der Waals surface area contributed by atoms with Gasteiger partial charge < -0.3 is 11.5 Å². The highest BCUT2D eigenvalue weighted by Gasteiger charge is 2.05. The van der Waals surface area contributed by atoms with Gasteiger partial charge in [0.15, 0.2) is 0 Å². The van der Waals surface area contributed by atoms with Gasteiger partial charge in [0, 0.05) is 12.1 Å². The molecule has 0 bridgehead atoms. The van der Waals surface area contributed by atoms with Gasteiger partial charge in [-0.05, 0) is 13.3 Å². The summed E-state index contributed by atoms with van der Waals surface area (Å²) in [5, 5.41) is 0. The van der Waals surface area contributed by atoms with E-state index in [1.54, 1.807) is 0 Å². The summed E-state index contributed by atoms with van der Waals surface area (Å²) in [5.74, 6) is 0. The summed E-state index contributed by atoms with van der Waals surface area (Å²) >= 11 is 0. The second-order valence-corrected chi connectivity index (χ2v) is 2.67. The van der Waals surface area contributed by atoms with E-state index in [0.29, 0.717) is 0 Å². The summed E-state index contributed by atoms with van der Waals surface area (Å²) < 4.78 is 0. The highest BCUT2D eigenvalue weighted by atomic mass is 14.8. The molecular formula is C7H18N2. The molecule has 0 aromatic rings. The van der Waals surface area contributed by atoms with Crippen molar-refractivity contribution in [3.8, 4) is 0 Å². The highest BCUT2D eigenvalue weighted by Crippen LogP contribution is 1.99. The van der Waals surface area contributed by atoms with Gasteiger partial charge in [-0.1, -0.05) is 19.8 Å². The Morgan fingerprint density at radius 3 is 2.22 bits per heavy atom. The van der Waals surface area contributed by atoms with Gasteiger partial charge in [0.1, 0.15) is 0 Å². The monoisotopic (exact) mass is 130 g/mol. The van der Waals surface area contributed by atoms with Crippen LogP contribution in [0.25, 0.3) is 0 Å². The SMILES string of the molecule is CCCC[C@@H](N)[C@@H](C)N. The first kappa shape index (κ1) is 8.92. The molecule has 0 spiro atoms. The molecule has 0 saturated carbocycles. The van der Waals surface area contributed by atoms with Crippen LogP contribution >= 0.6 is 0 Å². The van der Waals surface area contributed by atoms with Crippen LogP contribution in [0.4, 0.5) is 0 Å². The molecule has 0 aliphatic heterocycles. The Kier molecular flexibility index (Phi) is 4.72. The summed E-state index contributed by atoms with van der Waals surface area (Å²) in [5.41, 5.74) is 11.2. The smallest absolute Gasteiger partial charge is 0.0189 e. The maximum atomic E-state index is 5.68. The van der Waals surface area contributed by atoms with Crippen molar-refractivity contribution in [2.75, 3.05) is 0 Å². The summed E-state index contributed by atoms with van der Waals surface area (Å²) in [4.78, 5) is 0. The fourth-order valence-corrected chi connectivity index (χ4v) is 0.703. The largest absolute Gasteiger partial charge is 0.327 e. The minimum absolute atomic E-state index is 0.150. The molecule has 0 amide bonds. The van der Waals surface area contributed by atoms with Crippen LogP contribution in [-0.2, 0) is 0 Å². The Hall–Kier alpha value is -0.0800. The van der Waals surface area contributed by atoms with Gasteiger partial charge in [0.2, 0.25) is 0 Å². The summed E-state index contributed by atoms with van der Waals surface area (Å²) in [6.07, 6.45) is 3.47. The van der Waals surface area contributed by atoms with Gasteiger partial charge in [0.05, 0.1) is 0 Å². The van der Waals surface area contributed by atoms with Crippen molar-refractivity contribution in [1.82, 2.24) is 0 Å². The number of hydrogen-bond acceptors (Lipinski definition) is 2. The lowest BCUT2D eigenvalue weighted by Gasteiger charge is -2.13. The third-order valence-electron chi connectivity index (χ3n) is 1.57. The number of rotatable bonds is 4. The minimum Gasteiger partial charge on any atom is -0.327 e. The molecule has 0 fully saturated rings. The number of unbranched alkanes of at least 4 members (excludes halogenated alkanes) is 1. The predicted octanol–water partition coefficient (Wildman–Crippen LogP) is 0.851. The summed E-state index contributed by atoms with van der Waals surface area (Å²) in [6, 6.07) is 0.349.